The maximum absolute atomic E-state index is 12.6. The number of anilines is 2. The molecule has 0 fully saturated rings. The van der Waals surface area contributed by atoms with Gasteiger partial charge in [-0.2, -0.15) is 0 Å². The van der Waals surface area contributed by atoms with Crippen molar-refractivity contribution in [3.05, 3.63) is 72.7 Å². The van der Waals surface area contributed by atoms with Gasteiger partial charge in [0.25, 0.3) is 11.8 Å². The topological polar surface area (TPSA) is 110 Å². The number of hydrogen-bond acceptors (Lipinski definition) is 6. The Labute approximate surface area is 191 Å². The number of benzene rings is 2. The van der Waals surface area contributed by atoms with Crippen molar-refractivity contribution in [2.24, 2.45) is 0 Å². The van der Waals surface area contributed by atoms with Crippen LogP contribution < -0.4 is 20.1 Å². The normalized spacial score (nSPS) is 10.2. The first-order chi connectivity index (χ1) is 16.0. The van der Waals surface area contributed by atoms with Gasteiger partial charge in [-0.25, -0.2) is 0 Å². The number of amides is 3. The van der Waals surface area contributed by atoms with Gasteiger partial charge in [0, 0.05) is 30.1 Å². The zero-order valence-electron chi connectivity index (χ0n) is 18.4. The third kappa shape index (κ3) is 6.86. The van der Waals surface area contributed by atoms with E-state index in [1.54, 1.807) is 74.7 Å². The lowest BCUT2D eigenvalue weighted by atomic mass is 10.3. The summed E-state index contributed by atoms with van der Waals surface area (Å²) in [6.07, 6.45) is 1.41. The first-order valence-corrected chi connectivity index (χ1v) is 10.3. The van der Waals surface area contributed by atoms with E-state index in [1.165, 1.54) is 11.2 Å². The molecule has 0 spiro atoms. The summed E-state index contributed by atoms with van der Waals surface area (Å²) < 4.78 is 15.8. The highest BCUT2D eigenvalue weighted by Crippen LogP contribution is 2.19. The minimum Gasteiger partial charge on any atom is -0.497 e. The Morgan fingerprint density at radius 3 is 2.30 bits per heavy atom. The number of carbonyl (C=O) groups excluding carboxylic acids is 3. The third-order valence-corrected chi connectivity index (χ3v) is 4.62. The van der Waals surface area contributed by atoms with Crippen LogP contribution in [0.4, 0.5) is 11.4 Å². The van der Waals surface area contributed by atoms with Crippen molar-refractivity contribution in [2.75, 3.05) is 37.4 Å². The van der Waals surface area contributed by atoms with Gasteiger partial charge in [-0.05, 0) is 43.3 Å². The lowest BCUT2D eigenvalue weighted by Gasteiger charge is -2.20. The average molecular weight is 451 g/mol. The van der Waals surface area contributed by atoms with Gasteiger partial charge in [-0.1, -0.05) is 12.1 Å². The first-order valence-electron chi connectivity index (χ1n) is 10.3. The molecule has 0 atom stereocenters. The van der Waals surface area contributed by atoms with E-state index >= 15 is 0 Å². The molecule has 0 bridgehead atoms. The van der Waals surface area contributed by atoms with Gasteiger partial charge in [0.2, 0.25) is 5.91 Å². The quantitative estimate of drug-likeness (QED) is 0.489. The van der Waals surface area contributed by atoms with Crippen molar-refractivity contribution >= 4 is 29.1 Å². The summed E-state index contributed by atoms with van der Waals surface area (Å²) in [5, 5.41) is 5.44. The molecule has 9 heteroatoms. The summed E-state index contributed by atoms with van der Waals surface area (Å²) in [7, 11) is 1.54. The summed E-state index contributed by atoms with van der Waals surface area (Å²) in [4.78, 5) is 38.4. The summed E-state index contributed by atoms with van der Waals surface area (Å²) in [6.45, 7) is 1.75. The molecular formula is C24H25N3O6. The molecule has 0 unspecified atom stereocenters. The van der Waals surface area contributed by atoms with Crippen LogP contribution in [0.25, 0.3) is 0 Å². The molecule has 3 amide bonds. The molecule has 9 nitrogen and oxygen atoms in total. The van der Waals surface area contributed by atoms with Crippen LogP contribution in [-0.2, 0) is 9.59 Å². The van der Waals surface area contributed by atoms with Crippen LogP contribution in [0.15, 0.2) is 71.3 Å². The molecule has 3 rings (SSSR count). The van der Waals surface area contributed by atoms with Gasteiger partial charge in [0.1, 0.15) is 11.5 Å². The predicted molar refractivity (Wildman–Crippen MR) is 122 cm³/mol. The van der Waals surface area contributed by atoms with Crippen LogP contribution in [0.3, 0.4) is 0 Å². The molecule has 1 aromatic heterocycles. The SMILES string of the molecule is CCN(CC(=O)Nc1cccc(OC)c1)C(=O)COc1cccc(NC(=O)c2ccco2)c1. The molecular weight excluding hydrogens is 426 g/mol. The van der Waals surface area contributed by atoms with Crippen LogP contribution >= 0.6 is 0 Å². The zero-order chi connectivity index (χ0) is 23.6. The number of nitrogens with one attached hydrogen (secondary N) is 2. The number of furan rings is 1. The fraction of sp³-hybridized carbons (Fsp3) is 0.208. The first kappa shape index (κ1) is 23.4. The van der Waals surface area contributed by atoms with Crippen molar-refractivity contribution in [3.8, 4) is 11.5 Å². The molecule has 2 N–H and O–H groups in total. The van der Waals surface area contributed by atoms with E-state index in [9.17, 15) is 14.4 Å². The van der Waals surface area contributed by atoms with Gasteiger partial charge < -0.3 is 29.4 Å². The standard InChI is InChI=1S/C24H25N3O6/c1-3-27(15-22(28)25-17-7-4-9-19(13-17)31-2)23(29)16-33-20-10-5-8-18(14-20)26-24(30)21-11-6-12-32-21/h4-14H,3,15-16H2,1-2H3,(H,25,28)(H,26,30). The highest BCUT2D eigenvalue weighted by Gasteiger charge is 2.17. The number of rotatable bonds is 10. The molecule has 3 aromatic rings. The maximum atomic E-state index is 12.6. The Bertz CT molecular complexity index is 1100. The van der Waals surface area contributed by atoms with Crippen molar-refractivity contribution in [1.29, 1.82) is 0 Å². The van der Waals surface area contributed by atoms with Crippen molar-refractivity contribution < 1.29 is 28.3 Å². The maximum Gasteiger partial charge on any atom is 0.291 e. The second-order valence-electron chi connectivity index (χ2n) is 6.94. The molecule has 0 radical (unpaired) electrons. The molecule has 0 aliphatic heterocycles. The monoisotopic (exact) mass is 451 g/mol. The number of ether oxygens (including phenoxy) is 2. The number of nitrogens with zero attached hydrogens (tertiary/aromatic N) is 1. The average Bonchev–Trinajstić information content (AvgIpc) is 3.36. The Hall–Kier alpha value is -4.27. The Kier molecular flexibility index (Phi) is 8.07. The van der Waals surface area contributed by atoms with Crippen LogP contribution in [0.2, 0.25) is 0 Å². The molecule has 33 heavy (non-hydrogen) atoms. The van der Waals surface area contributed by atoms with Crippen LogP contribution in [0.5, 0.6) is 11.5 Å². The van der Waals surface area contributed by atoms with Crippen molar-refractivity contribution in [2.45, 2.75) is 6.92 Å². The van der Waals surface area contributed by atoms with Crippen molar-refractivity contribution in [3.63, 3.8) is 0 Å². The number of likely N-dealkylation sites (N-methyl/N-ethyl adjacent to an activating group) is 1. The van der Waals surface area contributed by atoms with Gasteiger partial charge in [-0.3, -0.25) is 14.4 Å². The van der Waals surface area contributed by atoms with Gasteiger partial charge >= 0.3 is 0 Å². The molecule has 0 saturated carbocycles. The second kappa shape index (κ2) is 11.4. The molecule has 2 aromatic carbocycles. The molecule has 172 valence electrons. The highest BCUT2D eigenvalue weighted by atomic mass is 16.5. The van der Waals surface area contributed by atoms with Gasteiger partial charge in [0.15, 0.2) is 12.4 Å². The molecule has 1 heterocycles. The van der Waals surface area contributed by atoms with E-state index in [0.717, 1.165) is 0 Å². The smallest absolute Gasteiger partial charge is 0.291 e. The van der Waals surface area contributed by atoms with E-state index in [2.05, 4.69) is 10.6 Å². The lowest BCUT2D eigenvalue weighted by Crippen LogP contribution is -2.40. The molecule has 0 saturated heterocycles. The van der Waals surface area contributed by atoms with E-state index in [-0.39, 0.29) is 30.7 Å². The summed E-state index contributed by atoms with van der Waals surface area (Å²) in [6, 6.07) is 16.8. The lowest BCUT2D eigenvalue weighted by molar-refractivity contribution is -0.136. The zero-order valence-corrected chi connectivity index (χ0v) is 18.4. The Morgan fingerprint density at radius 1 is 0.939 bits per heavy atom. The van der Waals surface area contributed by atoms with Crippen molar-refractivity contribution in [1.82, 2.24) is 4.90 Å². The summed E-state index contributed by atoms with van der Waals surface area (Å²) >= 11 is 0. The molecule has 0 aliphatic carbocycles. The second-order valence-corrected chi connectivity index (χ2v) is 6.94. The predicted octanol–water partition coefficient (Wildman–Crippen LogP) is 3.41. The minimum absolute atomic E-state index is 0.116. The number of methoxy groups -OCH3 is 1. The molecule has 0 aliphatic rings. The van der Waals surface area contributed by atoms with Gasteiger partial charge in [0.05, 0.1) is 19.9 Å². The van der Waals surface area contributed by atoms with E-state index in [4.69, 9.17) is 13.9 Å². The van der Waals surface area contributed by atoms with Crippen LogP contribution in [0.1, 0.15) is 17.5 Å². The highest BCUT2D eigenvalue weighted by molar-refractivity contribution is 6.02. The number of hydrogen-bond donors (Lipinski definition) is 2. The largest absolute Gasteiger partial charge is 0.497 e. The van der Waals surface area contributed by atoms with Crippen LogP contribution in [0, 0.1) is 0 Å². The number of carbonyl (C=O) groups is 3. The van der Waals surface area contributed by atoms with Gasteiger partial charge in [-0.15, -0.1) is 0 Å². The summed E-state index contributed by atoms with van der Waals surface area (Å²) in [5.74, 6) is 0.129. The van der Waals surface area contributed by atoms with Crippen LogP contribution in [-0.4, -0.2) is 49.4 Å². The summed E-state index contributed by atoms with van der Waals surface area (Å²) in [5.41, 5.74) is 1.07. The Morgan fingerprint density at radius 2 is 1.64 bits per heavy atom. The Balaban J connectivity index is 1.52. The fourth-order valence-electron chi connectivity index (χ4n) is 2.95. The fourth-order valence-corrected chi connectivity index (χ4v) is 2.95. The van der Waals surface area contributed by atoms with E-state index in [1.807, 2.05) is 0 Å². The minimum atomic E-state index is -0.396. The van der Waals surface area contributed by atoms with E-state index < -0.39 is 5.91 Å². The third-order valence-electron chi connectivity index (χ3n) is 4.62. The van der Waals surface area contributed by atoms with E-state index in [0.29, 0.717) is 29.4 Å².